The lowest BCUT2D eigenvalue weighted by atomic mass is 9.92. The molecule has 2 heteroatoms. The molecule has 1 saturated carbocycles. The molecule has 1 saturated heterocycles. The highest BCUT2D eigenvalue weighted by molar-refractivity contribution is 5.42. The van der Waals surface area contributed by atoms with Crippen molar-refractivity contribution in [3.63, 3.8) is 0 Å². The molecule has 2 nitrogen and oxygen atoms in total. The van der Waals surface area contributed by atoms with Crippen LogP contribution in [0.15, 0.2) is 24.3 Å². The van der Waals surface area contributed by atoms with E-state index in [1.807, 2.05) is 0 Å². The Labute approximate surface area is 78.2 Å². The van der Waals surface area contributed by atoms with Crippen LogP contribution in [0, 0.1) is 5.41 Å². The molecule has 0 aromatic carbocycles. The van der Waals surface area contributed by atoms with E-state index in [1.165, 1.54) is 0 Å². The fourth-order valence-corrected chi connectivity index (χ4v) is 2.18. The van der Waals surface area contributed by atoms with E-state index < -0.39 is 0 Å². The van der Waals surface area contributed by atoms with Crippen molar-refractivity contribution < 1.29 is 9.47 Å². The first-order valence-electron chi connectivity index (χ1n) is 4.76. The minimum absolute atomic E-state index is 0.114. The summed E-state index contributed by atoms with van der Waals surface area (Å²) in [5, 5.41) is 0. The first kappa shape index (κ1) is 7.77. The van der Waals surface area contributed by atoms with E-state index >= 15 is 0 Å². The van der Waals surface area contributed by atoms with Crippen molar-refractivity contribution in [1.29, 1.82) is 0 Å². The predicted octanol–water partition coefficient (Wildman–Crippen LogP) is 2.02. The van der Waals surface area contributed by atoms with Crippen molar-refractivity contribution in [2.75, 3.05) is 6.79 Å². The third-order valence-electron chi connectivity index (χ3n) is 3.31. The van der Waals surface area contributed by atoms with E-state index in [0.29, 0.717) is 6.79 Å². The fraction of sp³-hybridized carbons (Fsp3) is 0.636. The molecule has 3 aliphatic rings. The molecule has 2 aliphatic carbocycles. The van der Waals surface area contributed by atoms with Gasteiger partial charge in [-0.2, -0.15) is 0 Å². The molecule has 2 unspecified atom stereocenters. The third kappa shape index (κ3) is 0.851. The Hall–Kier alpha value is -0.600. The molecular weight excluding hydrogens is 164 g/mol. The van der Waals surface area contributed by atoms with E-state index in [1.54, 1.807) is 0 Å². The number of allylic oxidation sites excluding steroid dienone is 2. The Morgan fingerprint density at radius 1 is 0.923 bits per heavy atom. The van der Waals surface area contributed by atoms with E-state index in [2.05, 4.69) is 38.2 Å². The number of rotatable bonds is 0. The third-order valence-corrected chi connectivity index (χ3v) is 3.31. The van der Waals surface area contributed by atoms with Crippen LogP contribution in [0.3, 0.4) is 0 Å². The van der Waals surface area contributed by atoms with Gasteiger partial charge in [-0.3, -0.25) is 0 Å². The molecule has 1 aliphatic heterocycles. The van der Waals surface area contributed by atoms with E-state index in [4.69, 9.17) is 9.47 Å². The molecular formula is C11H14O2. The minimum atomic E-state index is -0.114. The molecule has 0 aromatic rings. The summed E-state index contributed by atoms with van der Waals surface area (Å²) in [6, 6.07) is 0. The molecule has 0 bridgehead atoms. The largest absolute Gasteiger partial charge is 0.341 e. The summed E-state index contributed by atoms with van der Waals surface area (Å²) in [4.78, 5) is 0. The smallest absolute Gasteiger partial charge is 0.149 e. The highest BCUT2D eigenvalue weighted by Gasteiger charge is 2.72. The van der Waals surface area contributed by atoms with Gasteiger partial charge in [0.05, 0.1) is 0 Å². The van der Waals surface area contributed by atoms with Crippen LogP contribution in [0.2, 0.25) is 0 Å². The van der Waals surface area contributed by atoms with E-state index in [-0.39, 0.29) is 16.6 Å². The van der Waals surface area contributed by atoms with E-state index in [0.717, 1.165) is 6.42 Å². The van der Waals surface area contributed by atoms with Gasteiger partial charge in [-0.1, -0.05) is 38.2 Å². The molecule has 13 heavy (non-hydrogen) atoms. The molecule has 3 rings (SSSR count). The van der Waals surface area contributed by atoms with Crippen molar-refractivity contribution in [3.05, 3.63) is 24.3 Å². The van der Waals surface area contributed by atoms with Gasteiger partial charge < -0.3 is 9.47 Å². The van der Waals surface area contributed by atoms with Crippen molar-refractivity contribution in [3.8, 4) is 0 Å². The van der Waals surface area contributed by atoms with Gasteiger partial charge in [0.2, 0.25) is 0 Å². The van der Waals surface area contributed by atoms with Crippen LogP contribution in [0.5, 0.6) is 0 Å². The molecule has 0 radical (unpaired) electrons. The van der Waals surface area contributed by atoms with Crippen LogP contribution in [0.25, 0.3) is 0 Å². The predicted molar refractivity (Wildman–Crippen MR) is 49.2 cm³/mol. The van der Waals surface area contributed by atoms with Gasteiger partial charge in [-0.25, -0.2) is 0 Å². The first-order chi connectivity index (χ1) is 6.08. The summed E-state index contributed by atoms with van der Waals surface area (Å²) in [5.41, 5.74) is -0.0912. The number of hydrogen-bond acceptors (Lipinski definition) is 2. The monoisotopic (exact) mass is 178 g/mol. The van der Waals surface area contributed by atoms with Crippen LogP contribution in [-0.2, 0) is 9.47 Å². The van der Waals surface area contributed by atoms with Gasteiger partial charge in [-0.05, 0) is 0 Å². The standard InChI is InChI=1S/C11H14O2/c1-9(2)3-5-10-7-11(10,6-4-9)13-8-12-10/h3-6H,7-8H2,1-2H3. The number of hydrogen-bond donors (Lipinski definition) is 0. The van der Waals surface area contributed by atoms with Crippen molar-refractivity contribution in [2.24, 2.45) is 5.41 Å². The number of ether oxygens (including phenoxy) is 2. The molecule has 2 atom stereocenters. The average molecular weight is 178 g/mol. The SMILES string of the molecule is CC1(C)C=CC23CC2(C=C1)OCO3. The van der Waals surface area contributed by atoms with Gasteiger partial charge >= 0.3 is 0 Å². The Balaban J connectivity index is 2.05. The Morgan fingerprint density at radius 3 is 2.00 bits per heavy atom. The highest BCUT2D eigenvalue weighted by Crippen LogP contribution is 2.61. The first-order valence-corrected chi connectivity index (χ1v) is 4.76. The Morgan fingerprint density at radius 2 is 1.46 bits per heavy atom. The van der Waals surface area contributed by atoms with Crippen LogP contribution in [0.1, 0.15) is 20.3 Å². The molecule has 0 N–H and O–H groups in total. The summed E-state index contributed by atoms with van der Waals surface area (Å²) in [5.74, 6) is 0. The molecule has 0 amide bonds. The topological polar surface area (TPSA) is 18.5 Å². The maximum atomic E-state index is 5.62. The van der Waals surface area contributed by atoms with Crippen molar-refractivity contribution in [1.82, 2.24) is 0 Å². The zero-order valence-corrected chi connectivity index (χ0v) is 8.04. The van der Waals surface area contributed by atoms with Crippen LogP contribution in [0.4, 0.5) is 0 Å². The van der Waals surface area contributed by atoms with Crippen LogP contribution >= 0.6 is 0 Å². The highest BCUT2D eigenvalue weighted by atomic mass is 16.7. The van der Waals surface area contributed by atoms with Gasteiger partial charge in [0.25, 0.3) is 0 Å². The second-order valence-electron chi connectivity index (χ2n) is 4.85. The summed E-state index contributed by atoms with van der Waals surface area (Å²) < 4.78 is 11.2. The lowest BCUT2D eigenvalue weighted by Crippen LogP contribution is -2.16. The lowest BCUT2D eigenvalue weighted by molar-refractivity contribution is -0.0140. The maximum absolute atomic E-state index is 5.62. The van der Waals surface area contributed by atoms with Gasteiger partial charge in [-0.15, -0.1) is 0 Å². The summed E-state index contributed by atoms with van der Waals surface area (Å²) >= 11 is 0. The minimum Gasteiger partial charge on any atom is -0.341 e. The Bertz CT molecular complexity index is 288. The van der Waals surface area contributed by atoms with Gasteiger partial charge in [0.1, 0.15) is 18.0 Å². The quantitative estimate of drug-likeness (QED) is 0.528. The lowest BCUT2D eigenvalue weighted by Gasteiger charge is -2.14. The summed E-state index contributed by atoms with van der Waals surface area (Å²) in [7, 11) is 0. The van der Waals surface area contributed by atoms with Gasteiger partial charge in [0, 0.05) is 11.8 Å². The Kier molecular flexibility index (Phi) is 1.14. The second kappa shape index (κ2) is 1.91. The molecule has 1 heterocycles. The van der Waals surface area contributed by atoms with Crippen molar-refractivity contribution >= 4 is 0 Å². The zero-order chi connectivity index (χ0) is 9.16. The molecule has 70 valence electrons. The maximum Gasteiger partial charge on any atom is 0.149 e. The summed E-state index contributed by atoms with van der Waals surface area (Å²) in [6.45, 7) is 4.82. The fourth-order valence-electron chi connectivity index (χ4n) is 2.18. The molecule has 0 spiro atoms. The summed E-state index contributed by atoms with van der Waals surface area (Å²) in [6.07, 6.45) is 9.78. The van der Waals surface area contributed by atoms with Crippen molar-refractivity contribution in [2.45, 2.75) is 31.5 Å². The van der Waals surface area contributed by atoms with Gasteiger partial charge in [0.15, 0.2) is 0 Å². The van der Waals surface area contributed by atoms with Crippen LogP contribution < -0.4 is 0 Å². The molecule has 2 fully saturated rings. The second-order valence-corrected chi connectivity index (χ2v) is 4.85. The zero-order valence-electron chi connectivity index (χ0n) is 8.04. The molecule has 0 aromatic heterocycles. The normalized spacial score (nSPS) is 49.7. The van der Waals surface area contributed by atoms with Crippen LogP contribution in [-0.4, -0.2) is 18.0 Å². The average Bonchev–Trinajstić information content (AvgIpc) is 2.60. The van der Waals surface area contributed by atoms with E-state index in [9.17, 15) is 0 Å².